The first-order valence-corrected chi connectivity index (χ1v) is 9.12. The fourth-order valence-electron chi connectivity index (χ4n) is 2.19. The molecule has 0 unspecified atom stereocenters. The molecule has 0 heterocycles. The summed E-state index contributed by atoms with van der Waals surface area (Å²) in [5.41, 5.74) is 2.41. The summed E-state index contributed by atoms with van der Waals surface area (Å²) < 4.78 is 5.36. The van der Waals surface area contributed by atoms with Gasteiger partial charge in [0, 0.05) is 0 Å². The summed E-state index contributed by atoms with van der Waals surface area (Å²) in [4.78, 5) is 12.0. The molecule has 2 aromatic rings. The second-order valence-electron chi connectivity index (χ2n) is 5.71. The Kier molecular flexibility index (Phi) is 7.21. The van der Waals surface area contributed by atoms with Crippen molar-refractivity contribution in [2.45, 2.75) is 25.5 Å². The first kappa shape index (κ1) is 17.6. The minimum atomic E-state index is -0.132. The maximum Gasteiger partial charge on any atom is 0.315 e. The zero-order chi connectivity index (χ0) is 16.5. The Labute approximate surface area is 143 Å². The van der Waals surface area contributed by atoms with Crippen LogP contribution in [0.4, 0.5) is 0 Å². The molecule has 0 aliphatic carbocycles. The third kappa shape index (κ3) is 5.76. The fraction of sp³-hybridized carbons (Fsp3) is 0.350. The number of carbonyl (C=O) groups excluding carboxylic acids is 1. The van der Waals surface area contributed by atoms with E-state index in [0.717, 1.165) is 6.42 Å². The molecule has 23 heavy (non-hydrogen) atoms. The molecule has 2 nitrogen and oxygen atoms in total. The fourth-order valence-corrected chi connectivity index (χ4v) is 3.27. The van der Waals surface area contributed by atoms with E-state index in [9.17, 15) is 4.79 Å². The van der Waals surface area contributed by atoms with E-state index >= 15 is 0 Å². The van der Waals surface area contributed by atoms with E-state index in [2.05, 4.69) is 38.1 Å². The summed E-state index contributed by atoms with van der Waals surface area (Å²) >= 11 is 1.62. The van der Waals surface area contributed by atoms with Gasteiger partial charge in [-0.1, -0.05) is 80.9 Å². The van der Waals surface area contributed by atoms with Crippen LogP contribution in [0.3, 0.4) is 0 Å². The number of carbonyl (C=O) groups is 1. The molecule has 0 saturated carbocycles. The number of hydrogen-bond acceptors (Lipinski definition) is 3. The molecule has 0 aromatic heterocycles. The van der Waals surface area contributed by atoms with Gasteiger partial charge in [0.1, 0.15) is 0 Å². The van der Waals surface area contributed by atoms with Crippen molar-refractivity contribution in [1.29, 1.82) is 0 Å². The number of ether oxygens (including phenoxy) is 1. The average Bonchev–Trinajstić information content (AvgIpc) is 2.61. The molecule has 2 aromatic carbocycles. The van der Waals surface area contributed by atoms with Gasteiger partial charge >= 0.3 is 5.97 Å². The summed E-state index contributed by atoms with van der Waals surface area (Å²) in [5.74, 6) is 0.653. The van der Waals surface area contributed by atoms with E-state index in [1.807, 2.05) is 36.4 Å². The number of rotatable bonds is 8. The highest BCUT2D eigenvalue weighted by molar-refractivity contribution is 8.00. The summed E-state index contributed by atoms with van der Waals surface area (Å²) in [5, 5.41) is 0.147. The van der Waals surface area contributed by atoms with Crippen molar-refractivity contribution in [2.75, 3.05) is 12.4 Å². The largest absolute Gasteiger partial charge is 0.465 e. The predicted molar refractivity (Wildman–Crippen MR) is 97.6 cm³/mol. The summed E-state index contributed by atoms with van der Waals surface area (Å²) in [6.07, 6.45) is 1.02. The van der Waals surface area contributed by atoms with Gasteiger partial charge < -0.3 is 4.74 Å². The molecule has 0 spiro atoms. The molecular weight excluding hydrogens is 304 g/mol. The van der Waals surface area contributed by atoms with Crippen molar-refractivity contribution in [2.24, 2.45) is 5.92 Å². The lowest BCUT2D eigenvalue weighted by molar-refractivity contribution is -0.141. The second kappa shape index (κ2) is 9.41. The van der Waals surface area contributed by atoms with Crippen LogP contribution in [0.5, 0.6) is 0 Å². The Morgan fingerprint density at radius 3 is 2.00 bits per heavy atom. The highest BCUT2D eigenvalue weighted by Gasteiger charge is 2.17. The van der Waals surface area contributed by atoms with Crippen LogP contribution in [0.2, 0.25) is 0 Å². The normalized spacial score (nSPS) is 12.1. The Balaban J connectivity index is 2.00. The van der Waals surface area contributed by atoms with Gasteiger partial charge in [0.25, 0.3) is 0 Å². The quantitative estimate of drug-likeness (QED) is 0.631. The van der Waals surface area contributed by atoms with Crippen LogP contribution in [0, 0.1) is 5.92 Å². The third-order valence-corrected chi connectivity index (χ3v) is 5.08. The Hall–Kier alpha value is -1.74. The van der Waals surface area contributed by atoms with E-state index in [0.29, 0.717) is 18.3 Å². The lowest BCUT2D eigenvalue weighted by Crippen LogP contribution is -2.14. The van der Waals surface area contributed by atoms with Crippen molar-refractivity contribution in [3.05, 3.63) is 71.8 Å². The van der Waals surface area contributed by atoms with Crippen molar-refractivity contribution in [1.82, 2.24) is 0 Å². The zero-order valence-corrected chi connectivity index (χ0v) is 14.6. The van der Waals surface area contributed by atoms with Crippen molar-refractivity contribution in [3.8, 4) is 0 Å². The first-order valence-electron chi connectivity index (χ1n) is 8.07. The average molecular weight is 328 g/mol. The minimum absolute atomic E-state index is 0.132. The number of thioether (sulfide) groups is 1. The summed E-state index contributed by atoms with van der Waals surface area (Å²) in [7, 11) is 0. The van der Waals surface area contributed by atoms with Crippen molar-refractivity contribution in [3.63, 3.8) is 0 Å². The molecule has 0 N–H and O–H groups in total. The van der Waals surface area contributed by atoms with Crippen LogP contribution in [0.1, 0.15) is 36.6 Å². The molecular formula is C20H24O2S. The van der Waals surface area contributed by atoms with E-state index in [4.69, 9.17) is 4.74 Å². The molecule has 2 rings (SSSR count). The monoisotopic (exact) mass is 328 g/mol. The summed E-state index contributed by atoms with van der Waals surface area (Å²) in [6.45, 7) is 4.71. The Morgan fingerprint density at radius 2 is 1.52 bits per heavy atom. The first-order chi connectivity index (χ1) is 11.2. The van der Waals surface area contributed by atoms with Crippen LogP contribution in [-0.2, 0) is 9.53 Å². The predicted octanol–water partition coefficient (Wildman–Crippen LogP) is 5.10. The van der Waals surface area contributed by atoms with Gasteiger partial charge in [0.05, 0.1) is 17.6 Å². The number of esters is 1. The Bertz CT molecular complexity index is 544. The van der Waals surface area contributed by atoms with Crippen LogP contribution >= 0.6 is 11.8 Å². The molecule has 0 bridgehead atoms. The van der Waals surface area contributed by atoms with Gasteiger partial charge in [-0.25, -0.2) is 0 Å². The van der Waals surface area contributed by atoms with Crippen LogP contribution < -0.4 is 0 Å². The molecule has 3 heteroatoms. The van der Waals surface area contributed by atoms with Gasteiger partial charge in [0.15, 0.2) is 0 Å². The third-order valence-electron chi connectivity index (χ3n) is 3.80. The molecule has 122 valence electrons. The van der Waals surface area contributed by atoms with Gasteiger partial charge in [-0.3, -0.25) is 4.79 Å². The number of benzene rings is 2. The van der Waals surface area contributed by atoms with Gasteiger partial charge in [-0.2, -0.15) is 0 Å². The zero-order valence-electron chi connectivity index (χ0n) is 13.8. The molecule has 0 aliphatic heterocycles. The minimum Gasteiger partial charge on any atom is -0.465 e. The van der Waals surface area contributed by atoms with E-state index in [1.54, 1.807) is 11.8 Å². The topological polar surface area (TPSA) is 26.3 Å². The van der Waals surface area contributed by atoms with Gasteiger partial charge in [-0.15, -0.1) is 11.8 Å². The molecule has 0 radical (unpaired) electrons. The van der Waals surface area contributed by atoms with Gasteiger partial charge in [-0.05, 0) is 17.0 Å². The highest BCUT2D eigenvalue weighted by Crippen LogP contribution is 2.35. The lowest BCUT2D eigenvalue weighted by atomic mass is 10.0. The standard InChI is InChI=1S/C20H24O2S/c1-3-16(2)14-22-19(21)15-23-20(17-10-6-4-7-11-17)18-12-8-5-9-13-18/h4-13,16,20H,3,14-15H2,1-2H3/t16-/m0/s1. The maximum absolute atomic E-state index is 12.0. The molecule has 0 fully saturated rings. The molecule has 0 saturated heterocycles. The van der Waals surface area contributed by atoms with Crippen molar-refractivity contribution < 1.29 is 9.53 Å². The lowest BCUT2D eigenvalue weighted by Gasteiger charge is -2.17. The number of hydrogen-bond donors (Lipinski definition) is 0. The van der Waals surface area contributed by atoms with Crippen LogP contribution in [0.15, 0.2) is 60.7 Å². The maximum atomic E-state index is 12.0. The van der Waals surface area contributed by atoms with E-state index in [1.165, 1.54) is 11.1 Å². The molecule has 0 aliphatic rings. The second-order valence-corrected chi connectivity index (χ2v) is 6.80. The van der Waals surface area contributed by atoms with Crippen LogP contribution in [-0.4, -0.2) is 18.3 Å². The summed E-state index contributed by atoms with van der Waals surface area (Å²) in [6, 6.07) is 20.6. The van der Waals surface area contributed by atoms with Crippen molar-refractivity contribution >= 4 is 17.7 Å². The van der Waals surface area contributed by atoms with Crippen LogP contribution in [0.25, 0.3) is 0 Å². The van der Waals surface area contributed by atoms with E-state index < -0.39 is 0 Å². The molecule has 0 amide bonds. The highest BCUT2D eigenvalue weighted by atomic mass is 32.2. The smallest absolute Gasteiger partial charge is 0.315 e. The Morgan fingerprint density at radius 1 is 1.00 bits per heavy atom. The van der Waals surface area contributed by atoms with E-state index in [-0.39, 0.29) is 11.2 Å². The SMILES string of the molecule is CC[C@H](C)COC(=O)CSC(c1ccccc1)c1ccccc1. The molecule has 1 atom stereocenters. The van der Waals surface area contributed by atoms with Gasteiger partial charge in [0.2, 0.25) is 0 Å².